The second-order valence-corrected chi connectivity index (χ2v) is 16.6. The summed E-state index contributed by atoms with van der Waals surface area (Å²) in [7, 11) is 1.27. The molecule has 0 rings (SSSR count). The molecule has 0 spiro atoms. The normalized spacial score (nSPS) is 14.5. The Hall–Kier alpha value is -1.80. The first kappa shape index (κ1) is 51.2. The molecule has 0 aliphatic rings. The van der Waals surface area contributed by atoms with Crippen LogP contribution in [0.5, 0.6) is 0 Å². The summed E-state index contributed by atoms with van der Waals surface area (Å²) in [5, 5.41) is 0. The Labute approximate surface area is 326 Å². The van der Waals surface area contributed by atoms with Crippen LogP contribution in [0.4, 0.5) is 0 Å². The maximum Gasteiger partial charge on any atom is 0.331 e. The third-order valence-corrected chi connectivity index (χ3v) is 9.74. The quantitative estimate of drug-likeness (QED) is 0.0154. The van der Waals surface area contributed by atoms with E-state index in [0.29, 0.717) is 17.6 Å². The molecule has 0 bridgehead atoms. The van der Waals surface area contributed by atoms with Crippen LogP contribution in [0.25, 0.3) is 0 Å². The summed E-state index contributed by atoms with van der Waals surface area (Å²) in [6.45, 7) is 5.18. The number of carbonyl (C=O) groups excluding carboxylic acids is 1. The molecule has 0 amide bonds. The van der Waals surface area contributed by atoms with Crippen LogP contribution in [0.1, 0.15) is 155 Å². The van der Waals surface area contributed by atoms with Crippen LogP contribution in [-0.4, -0.2) is 70.7 Å². The number of hydrogen-bond acceptors (Lipinski definition) is 7. The first-order valence-electron chi connectivity index (χ1n) is 21.1. The van der Waals surface area contributed by atoms with Crippen LogP contribution in [0.15, 0.2) is 60.8 Å². The molecule has 0 aromatic carbocycles. The molecule has 0 aliphatic heterocycles. The predicted molar refractivity (Wildman–Crippen MR) is 222 cm³/mol. The van der Waals surface area contributed by atoms with Crippen LogP contribution in [0.2, 0.25) is 0 Å². The third-order valence-electron chi connectivity index (χ3n) is 8.78. The summed E-state index contributed by atoms with van der Waals surface area (Å²) in [4.78, 5) is 24.9. The van der Waals surface area contributed by atoms with Crippen molar-refractivity contribution in [3.63, 3.8) is 0 Å². The van der Waals surface area contributed by atoms with Crippen molar-refractivity contribution in [1.29, 1.82) is 0 Å². The summed E-state index contributed by atoms with van der Waals surface area (Å²) in [5.74, 6) is -0.606. The van der Waals surface area contributed by atoms with E-state index in [9.17, 15) is 14.3 Å². The molecular weight excluding hydrogens is 685 g/mol. The minimum absolute atomic E-state index is 0.000321. The van der Waals surface area contributed by atoms with Gasteiger partial charge in [-0.05, 0) is 19.3 Å². The van der Waals surface area contributed by atoms with Crippen molar-refractivity contribution in [3.05, 3.63) is 60.8 Å². The fourth-order valence-corrected chi connectivity index (χ4v) is 6.21. The maximum atomic E-state index is 12.5. The smallest absolute Gasteiger partial charge is 0.331 e. The van der Waals surface area contributed by atoms with Gasteiger partial charge in [0.05, 0.1) is 34.4 Å². The molecule has 0 fully saturated rings. The summed E-state index contributed by atoms with van der Waals surface area (Å²) < 4.78 is 34.2. The summed E-state index contributed by atoms with van der Waals surface area (Å²) >= 11 is 0. The van der Waals surface area contributed by atoms with Crippen molar-refractivity contribution >= 4 is 13.8 Å². The molecule has 2 unspecified atom stereocenters. The van der Waals surface area contributed by atoms with Crippen LogP contribution in [0.3, 0.4) is 0 Å². The van der Waals surface area contributed by atoms with E-state index in [4.69, 9.17) is 18.5 Å². The Morgan fingerprint density at radius 3 is 1.55 bits per heavy atom. The number of rotatable bonds is 38. The predicted octanol–water partition coefficient (Wildman–Crippen LogP) is 11.5. The van der Waals surface area contributed by atoms with Gasteiger partial charge in [0, 0.05) is 12.7 Å². The molecule has 0 aromatic heterocycles. The Kier molecular flexibility index (Phi) is 35.9. The van der Waals surface area contributed by atoms with Gasteiger partial charge in [0.1, 0.15) is 19.3 Å². The van der Waals surface area contributed by atoms with Crippen LogP contribution >= 0.6 is 7.82 Å². The highest BCUT2D eigenvalue weighted by molar-refractivity contribution is 7.45. The Morgan fingerprint density at radius 1 is 0.585 bits per heavy atom. The van der Waals surface area contributed by atoms with Gasteiger partial charge in [0.2, 0.25) is 0 Å². The van der Waals surface area contributed by atoms with E-state index in [1.54, 1.807) is 12.2 Å². The van der Waals surface area contributed by atoms with E-state index >= 15 is 0 Å². The number of allylic oxidation sites excluding steroid dienone is 9. The fraction of sp³-hybridized carbons (Fsp3) is 0.750. The number of quaternary nitrogens is 1. The van der Waals surface area contributed by atoms with Crippen LogP contribution in [-0.2, 0) is 27.9 Å². The molecule has 0 saturated heterocycles. The van der Waals surface area contributed by atoms with E-state index in [0.717, 1.165) is 19.3 Å². The molecule has 53 heavy (non-hydrogen) atoms. The molecule has 0 radical (unpaired) electrons. The van der Waals surface area contributed by atoms with Gasteiger partial charge < -0.3 is 27.9 Å². The van der Waals surface area contributed by atoms with Crippen LogP contribution < -0.4 is 4.89 Å². The molecule has 8 nitrogen and oxygen atoms in total. The minimum Gasteiger partial charge on any atom is -0.756 e. The fourth-order valence-electron chi connectivity index (χ4n) is 5.48. The van der Waals surface area contributed by atoms with Gasteiger partial charge in [-0.2, -0.15) is 0 Å². The average Bonchev–Trinajstić information content (AvgIpc) is 3.11. The number of hydrogen-bond donors (Lipinski definition) is 0. The van der Waals surface area contributed by atoms with E-state index in [2.05, 4.69) is 26.0 Å². The molecular formula is C44H80NO7P. The number of carbonyl (C=O) groups is 1. The van der Waals surface area contributed by atoms with Gasteiger partial charge in [0.15, 0.2) is 0 Å². The lowest BCUT2D eigenvalue weighted by Crippen LogP contribution is -2.37. The summed E-state index contributed by atoms with van der Waals surface area (Å²) in [6, 6.07) is 0. The zero-order valence-electron chi connectivity index (χ0n) is 34.7. The van der Waals surface area contributed by atoms with Gasteiger partial charge >= 0.3 is 5.97 Å². The molecule has 0 aliphatic carbocycles. The van der Waals surface area contributed by atoms with E-state index < -0.39 is 19.9 Å². The highest BCUT2D eigenvalue weighted by Crippen LogP contribution is 2.38. The van der Waals surface area contributed by atoms with Crippen molar-refractivity contribution in [1.82, 2.24) is 0 Å². The Morgan fingerprint density at radius 2 is 1.04 bits per heavy atom. The van der Waals surface area contributed by atoms with Gasteiger partial charge in [-0.3, -0.25) is 4.57 Å². The molecule has 0 aromatic rings. The number of nitrogens with zero attached hydrogens (tertiary/aromatic N) is 1. The molecule has 0 N–H and O–H groups in total. The van der Waals surface area contributed by atoms with Gasteiger partial charge in [0.25, 0.3) is 7.82 Å². The van der Waals surface area contributed by atoms with E-state index in [1.165, 1.54) is 128 Å². The second-order valence-electron chi connectivity index (χ2n) is 15.2. The molecule has 308 valence electrons. The van der Waals surface area contributed by atoms with E-state index in [-0.39, 0.29) is 19.8 Å². The topological polar surface area (TPSA) is 94.1 Å². The highest BCUT2D eigenvalue weighted by atomic mass is 31.2. The number of unbranched alkanes of at least 4 members (excludes halogenated alkanes) is 20. The zero-order chi connectivity index (χ0) is 39.1. The summed E-state index contributed by atoms with van der Waals surface area (Å²) in [6.07, 6.45) is 45.9. The lowest BCUT2D eigenvalue weighted by molar-refractivity contribution is -0.870. The van der Waals surface area contributed by atoms with Gasteiger partial charge in [-0.1, -0.05) is 191 Å². The minimum atomic E-state index is -4.56. The van der Waals surface area contributed by atoms with Gasteiger partial charge in [-0.25, -0.2) is 4.79 Å². The van der Waals surface area contributed by atoms with Crippen molar-refractivity contribution in [3.8, 4) is 0 Å². The first-order chi connectivity index (χ1) is 25.6. The number of phosphoric acid groups is 1. The number of esters is 1. The van der Waals surface area contributed by atoms with Crippen molar-refractivity contribution < 1.29 is 37.3 Å². The van der Waals surface area contributed by atoms with Crippen molar-refractivity contribution in [2.75, 3.05) is 54.1 Å². The van der Waals surface area contributed by atoms with E-state index in [1.807, 2.05) is 51.5 Å². The lowest BCUT2D eigenvalue weighted by Gasteiger charge is -2.28. The SMILES string of the molecule is CCCCCCCCC/C=C/C=C/C=C/C=C/C=C/C(=O)OC(COCCCCCCCCCCCCCCCC)COP(=O)([O-])OCC[N+](C)(C)C. The van der Waals surface area contributed by atoms with Crippen molar-refractivity contribution in [2.24, 2.45) is 0 Å². The average molecular weight is 766 g/mol. The molecule has 2 atom stereocenters. The lowest BCUT2D eigenvalue weighted by atomic mass is 10.0. The first-order valence-corrected chi connectivity index (χ1v) is 22.6. The Bertz CT molecular complexity index is 1030. The highest BCUT2D eigenvalue weighted by Gasteiger charge is 2.19. The zero-order valence-corrected chi connectivity index (χ0v) is 35.6. The Balaban J connectivity index is 4.49. The standard InChI is InChI=1S/C44H80NO7P/c1-6-8-10-12-14-16-18-20-22-23-24-25-27-29-31-33-35-37-44(46)52-43(42-51-53(47,48)50-40-38-45(3,4)5)41-49-39-36-34-32-30-28-26-21-19-17-15-13-11-9-7-2/h22-25,27,29,31,33,35,37,43H,6-21,26,28,30,32,34,36,38-42H2,1-5H3/b23-22+,25-24+,29-27+,33-31+,37-35+. The third kappa shape index (κ3) is 41.2. The largest absolute Gasteiger partial charge is 0.756 e. The van der Waals surface area contributed by atoms with Crippen molar-refractivity contribution in [2.45, 2.75) is 161 Å². The molecule has 9 heteroatoms. The summed E-state index contributed by atoms with van der Waals surface area (Å²) in [5.41, 5.74) is 0. The number of phosphoric ester groups is 1. The second kappa shape index (κ2) is 37.1. The van der Waals surface area contributed by atoms with Crippen LogP contribution in [0, 0.1) is 0 Å². The number of ether oxygens (including phenoxy) is 2. The molecule has 0 saturated carbocycles. The monoisotopic (exact) mass is 766 g/mol. The molecule has 0 heterocycles. The number of likely N-dealkylation sites (N-methyl/N-ethyl adjacent to an activating group) is 1. The van der Waals surface area contributed by atoms with Gasteiger partial charge in [-0.15, -0.1) is 0 Å². The maximum absolute atomic E-state index is 12.5.